The highest BCUT2D eigenvalue weighted by Crippen LogP contribution is 2.19. The number of nitrogens with one attached hydrogen (secondary N) is 1. The molecule has 2 N–H and O–H groups in total. The summed E-state index contributed by atoms with van der Waals surface area (Å²) in [7, 11) is -4.35. The van der Waals surface area contributed by atoms with Gasteiger partial charge in [0.2, 0.25) is 10.0 Å². The molecule has 0 fully saturated rings. The molecule has 0 atom stereocenters. The van der Waals surface area contributed by atoms with Crippen LogP contribution in [0.1, 0.15) is 20.3 Å². The number of sulfonamides is 1. The topological polar surface area (TPSA) is 83.5 Å². The van der Waals surface area contributed by atoms with Crippen molar-refractivity contribution in [3.8, 4) is 0 Å². The average Bonchev–Trinajstić information content (AvgIpc) is 2.17. The highest BCUT2D eigenvalue weighted by atomic mass is 32.2. The first-order chi connectivity index (χ1) is 8.53. The van der Waals surface area contributed by atoms with Crippen molar-refractivity contribution in [2.75, 3.05) is 0 Å². The number of halogens is 2. The number of rotatable bonds is 5. The van der Waals surface area contributed by atoms with Crippen LogP contribution in [0, 0.1) is 11.6 Å². The van der Waals surface area contributed by atoms with Crippen LogP contribution in [0.15, 0.2) is 23.1 Å². The van der Waals surface area contributed by atoms with Crippen LogP contribution < -0.4 is 4.72 Å². The first-order valence-corrected chi connectivity index (χ1v) is 6.73. The Balaban J connectivity index is 3.11. The van der Waals surface area contributed by atoms with Crippen LogP contribution in [0.3, 0.4) is 0 Å². The van der Waals surface area contributed by atoms with Gasteiger partial charge in [-0.1, -0.05) is 0 Å². The van der Waals surface area contributed by atoms with Gasteiger partial charge in [0, 0.05) is 5.54 Å². The third kappa shape index (κ3) is 4.25. The average molecular weight is 293 g/mol. The summed E-state index contributed by atoms with van der Waals surface area (Å²) in [5, 5.41) is 8.65. The number of carbonyl (C=O) groups is 1. The van der Waals surface area contributed by atoms with Crippen molar-refractivity contribution in [3.63, 3.8) is 0 Å². The van der Waals surface area contributed by atoms with Gasteiger partial charge < -0.3 is 5.11 Å². The lowest BCUT2D eigenvalue weighted by atomic mass is 10.0. The Labute approximate surface area is 109 Å². The van der Waals surface area contributed by atoms with Crippen LogP contribution >= 0.6 is 0 Å². The molecule has 106 valence electrons. The fourth-order valence-electron chi connectivity index (χ4n) is 1.52. The van der Waals surface area contributed by atoms with Crippen molar-refractivity contribution in [2.45, 2.75) is 30.7 Å². The standard InChI is InChI=1S/C11H13F2NO4S/c1-11(2,6-10(15)16)14-19(17,18)9-5-7(12)3-4-8(9)13/h3-5,14H,6H2,1-2H3,(H,15,16). The van der Waals surface area contributed by atoms with Gasteiger partial charge in [-0.15, -0.1) is 0 Å². The summed E-state index contributed by atoms with van der Waals surface area (Å²) < 4.78 is 52.2. The summed E-state index contributed by atoms with van der Waals surface area (Å²) >= 11 is 0. The highest BCUT2D eigenvalue weighted by Gasteiger charge is 2.30. The Morgan fingerprint density at radius 3 is 2.47 bits per heavy atom. The van der Waals surface area contributed by atoms with Gasteiger partial charge in [0.15, 0.2) is 0 Å². The molecule has 0 spiro atoms. The Hall–Kier alpha value is -1.54. The normalized spacial score (nSPS) is 12.4. The van der Waals surface area contributed by atoms with E-state index < -0.39 is 44.5 Å². The molecule has 0 amide bonds. The summed E-state index contributed by atoms with van der Waals surface area (Å²) in [6.07, 6.45) is -0.497. The van der Waals surface area contributed by atoms with Gasteiger partial charge in [-0.3, -0.25) is 4.79 Å². The van der Waals surface area contributed by atoms with Crippen LogP contribution in [0.4, 0.5) is 8.78 Å². The molecule has 1 aromatic rings. The lowest BCUT2D eigenvalue weighted by Gasteiger charge is -2.24. The van der Waals surface area contributed by atoms with Gasteiger partial charge in [0.25, 0.3) is 0 Å². The smallest absolute Gasteiger partial charge is 0.305 e. The van der Waals surface area contributed by atoms with E-state index in [1.165, 1.54) is 13.8 Å². The van der Waals surface area contributed by atoms with Crippen molar-refractivity contribution >= 4 is 16.0 Å². The zero-order chi connectivity index (χ0) is 14.8. The maximum atomic E-state index is 13.4. The van der Waals surface area contributed by atoms with Crippen molar-refractivity contribution < 1.29 is 27.1 Å². The van der Waals surface area contributed by atoms with Gasteiger partial charge >= 0.3 is 5.97 Å². The van der Waals surface area contributed by atoms with E-state index >= 15 is 0 Å². The molecular formula is C11H13F2NO4S. The second kappa shape index (κ2) is 5.22. The quantitative estimate of drug-likeness (QED) is 0.861. The van der Waals surface area contributed by atoms with Crippen LogP contribution in [-0.4, -0.2) is 25.0 Å². The first kappa shape index (κ1) is 15.5. The highest BCUT2D eigenvalue weighted by molar-refractivity contribution is 7.89. The number of hydrogen-bond donors (Lipinski definition) is 2. The molecule has 0 saturated heterocycles. The SMILES string of the molecule is CC(C)(CC(=O)O)NS(=O)(=O)c1cc(F)ccc1F. The van der Waals surface area contributed by atoms with Gasteiger partial charge in [-0.2, -0.15) is 0 Å². The van der Waals surface area contributed by atoms with E-state index in [0.29, 0.717) is 12.1 Å². The van der Waals surface area contributed by atoms with E-state index in [2.05, 4.69) is 0 Å². The maximum Gasteiger partial charge on any atom is 0.305 e. The lowest BCUT2D eigenvalue weighted by Crippen LogP contribution is -2.45. The summed E-state index contributed by atoms with van der Waals surface area (Å²) in [5.41, 5.74) is -1.33. The summed E-state index contributed by atoms with van der Waals surface area (Å²) in [5.74, 6) is -3.23. The van der Waals surface area contributed by atoms with E-state index in [-0.39, 0.29) is 0 Å². The monoisotopic (exact) mass is 293 g/mol. The molecular weight excluding hydrogens is 280 g/mol. The van der Waals surface area contributed by atoms with E-state index in [9.17, 15) is 22.0 Å². The lowest BCUT2D eigenvalue weighted by molar-refractivity contribution is -0.138. The summed E-state index contributed by atoms with van der Waals surface area (Å²) in [6, 6.07) is 2.01. The fourth-order valence-corrected chi connectivity index (χ4v) is 3.02. The minimum atomic E-state index is -4.35. The molecule has 1 rings (SSSR count). The first-order valence-electron chi connectivity index (χ1n) is 5.24. The van der Waals surface area contributed by atoms with Crippen LogP contribution in [-0.2, 0) is 14.8 Å². The van der Waals surface area contributed by atoms with E-state index in [1.54, 1.807) is 0 Å². The predicted molar refractivity (Wildman–Crippen MR) is 63.0 cm³/mol. The van der Waals surface area contributed by atoms with E-state index in [4.69, 9.17) is 5.11 Å². The molecule has 8 heteroatoms. The molecule has 0 aliphatic heterocycles. The molecule has 19 heavy (non-hydrogen) atoms. The number of carboxylic acid groups (broad SMARTS) is 1. The van der Waals surface area contributed by atoms with E-state index in [0.717, 1.165) is 6.07 Å². The zero-order valence-electron chi connectivity index (χ0n) is 10.3. The largest absolute Gasteiger partial charge is 0.481 e. The molecule has 0 heterocycles. The van der Waals surface area contributed by atoms with Crippen LogP contribution in [0.25, 0.3) is 0 Å². The molecule has 0 radical (unpaired) electrons. The van der Waals surface area contributed by atoms with Gasteiger partial charge in [-0.25, -0.2) is 21.9 Å². The molecule has 1 aromatic carbocycles. The number of carboxylic acids is 1. The predicted octanol–water partition coefficient (Wildman–Crippen LogP) is 1.50. The molecule has 5 nitrogen and oxygen atoms in total. The third-order valence-electron chi connectivity index (χ3n) is 2.19. The minimum Gasteiger partial charge on any atom is -0.481 e. The van der Waals surface area contributed by atoms with Crippen LogP contribution in [0.2, 0.25) is 0 Å². The Kier molecular flexibility index (Phi) is 4.26. The molecule has 0 saturated carbocycles. The Morgan fingerprint density at radius 2 is 1.95 bits per heavy atom. The molecule has 0 aromatic heterocycles. The number of aliphatic carboxylic acids is 1. The molecule has 0 aliphatic rings. The van der Waals surface area contributed by atoms with Gasteiger partial charge in [0.05, 0.1) is 6.42 Å². The Bertz CT molecular complexity index is 599. The number of benzene rings is 1. The van der Waals surface area contributed by atoms with Crippen molar-refractivity contribution in [3.05, 3.63) is 29.8 Å². The van der Waals surface area contributed by atoms with Crippen molar-refractivity contribution in [2.24, 2.45) is 0 Å². The van der Waals surface area contributed by atoms with Crippen LogP contribution in [0.5, 0.6) is 0 Å². The van der Waals surface area contributed by atoms with Gasteiger partial charge in [0.1, 0.15) is 16.5 Å². The molecule has 0 bridgehead atoms. The second-order valence-electron chi connectivity index (χ2n) is 4.63. The Morgan fingerprint density at radius 1 is 1.37 bits per heavy atom. The number of hydrogen-bond acceptors (Lipinski definition) is 3. The zero-order valence-corrected chi connectivity index (χ0v) is 11.1. The van der Waals surface area contributed by atoms with Crippen molar-refractivity contribution in [1.29, 1.82) is 0 Å². The fraction of sp³-hybridized carbons (Fsp3) is 0.364. The second-order valence-corrected chi connectivity index (χ2v) is 6.29. The maximum absolute atomic E-state index is 13.4. The third-order valence-corrected chi connectivity index (χ3v) is 3.90. The van der Waals surface area contributed by atoms with Crippen molar-refractivity contribution in [1.82, 2.24) is 4.72 Å². The summed E-state index contributed by atoms with van der Waals surface area (Å²) in [4.78, 5) is 9.73. The van der Waals surface area contributed by atoms with E-state index in [1.807, 2.05) is 4.72 Å². The summed E-state index contributed by atoms with van der Waals surface area (Å²) in [6.45, 7) is 2.66. The minimum absolute atomic E-state index is 0.497. The molecule has 0 unspecified atom stereocenters. The molecule has 0 aliphatic carbocycles. The van der Waals surface area contributed by atoms with Gasteiger partial charge in [-0.05, 0) is 32.0 Å².